The molecule has 0 aliphatic carbocycles. The predicted octanol–water partition coefficient (Wildman–Crippen LogP) is 5.49. The molecule has 1 heterocycles. The van der Waals surface area contributed by atoms with E-state index in [1.807, 2.05) is 84.9 Å². The third-order valence-electron chi connectivity index (χ3n) is 5.84. The minimum absolute atomic E-state index is 0.739. The van der Waals surface area contributed by atoms with Gasteiger partial charge in [-0.3, -0.25) is 0 Å². The summed E-state index contributed by atoms with van der Waals surface area (Å²) in [4.78, 5) is 8.33. The maximum Gasteiger partial charge on any atom is 0.171 e. The fraction of sp³-hybridized carbons (Fsp3) is 0.0741. The van der Waals surface area contributed by atoms with Gasteiger partial charge in [0, 0.05) is 21.5 Å². The Hall–Kier alpha value is -3.42. The topological polar surface area (TPSA) is 45.8 Å². The Labute approximate surface area is 182 Å². The summed E-state index contributed by atoms with van der Waals surface area (Å²) >= 11 is 0. The van der Waals surface area contributed by atoms with Crippen molar-refractivity contribution in [2.45, 2.75) is 13.8 Å². The highest BCUT2D eigenvalue weighted by Crippen LogP contribution is 2.44. The number of nitrogens with one attached hydrogen (secondary N) is 1. The van der Waals surface area contributed by atoms with Crippen LogP contribution in [0.3, 0.4) is 0 Å². The zero-order chi connectivity index (χ0) is 21.4. The Balaban J connectivity index is 1.78. The molecule has 0 atom stereocenters. The molecule has 0 saturated heterocycles. The molecule has 5 aromatic rings. The SMILES string of the molecule is Cc1cc2nc(-c3ccccc3P(=O)(c3ccccc3)c3ccccc3)[nH]c2cc1C. The lowest BCUT2D eigenvalue weighted by Crippen LogP contribution is -2.26. The van der Waals surface area contributed by atoms with Crippen molar-refractivity contribution in [2.75, 3.05) is 0 Å². The molecule has 0 aliphatic rings. The van der Waals surface area contributed by atoms with Gasteiger partial charge in [0.2, 0.25) is 0 Å². The smallest absolute Gasteiger partial charge is 0.171 e. The highest BCUT2D eigenvalue weighted by molar-refractivity contribution is 7.85. The molecule has 31 heavy (non-hydrogen) atoms. The van der Waals surface area contributed by atoms with Crippen LogP contribution in [0.2, 0.25) is 0 Å². The van der Waals surface area contributed by atoms with Crippen molar-refractivity contribution in [1.29, 1.82) is 0 Å². The van der Waals surface area contributed by atoms with Crippen LogP contribution in [0.25, 0.3) is 22.4 Å². The van der Waals surface area contributed by atoms with E-state index >= 15 is 0 Å². The molecule has 0 aliphatic heterocycles. The lowest BCUT2D eigenvalue weighted by molar-refractivity contribution is 0.592. The normalized spacial score (nSPS) is 11.7. The van der Waals surface area contributed by atoms with Gasteiger partial charge in [-0.1, -0.05) is 84.9 Å². The molecular weight excluding hydrogens is 399 g/mol. The summed E-state index contributed by atoms with van der Waals surface area (Å²) in [5.41, 5.74) is 5.20. The molecule has 3 nitrogen and oxygen atoms in total. The van der Waals surface area contributed by atoms with E-state index in [4.69, 9.17) is 4.98 Å². The van der Waals surface area contributed by atoms with E-state index in [-0.39, 0.29) is 0 Å². The minimum atomic E-state index is -3.10. The lowest BCUT2D eigenvalue weighted by Gasteiger charge is -2.22. The number of imidazole rings is 1. The summed E-state index contributed by atoms with van der Waals surface area (Å²) in [7, 11) is -3.10. The van der Waals surface area contributed by atoms with Crippen LogP contribution in [0, 0.1) is 13.8 Å². The Morgan fingerprint density at radius 3 is 1.90 bits per heavy atom. The van der Waals surface area contributed by atoms with Crippen LogP contribution in [0.1, 0.15) is 11.1 Å². The summed E-state index contributed by atoms with van der Waals surface area (Å²) in [6, 6.07) is 31.6. The van der Waals surface area contributed by atoms with Gasteiger partial charge in [-0.05, 0) is 37.1 Å². The van der Waals surface area contributed by atoms with Crippen LogP contribution in [-0.4, -0.2) is 9.97 Å². The van der Waals surface area contributed by atoms with Gasteiger partial charge in [-0.25, -0.2) is 4.98 Å². The maximum atomic E-state index is 14.9. The van der Waals surface area contributed by atoms with Crippen LogP contribution in [0.15, 0.2) is 97.1 Å². The van der Waals surface area contributed by atoms with Crippen LogP contribution >= 0.6 is 7.14 Å². The summed E-state index contributed by atoms with van der Waals surface area (Å²) in [5.74, 6) is 0.739. The van der Waals surface area contributed by atoms with E-state index < -0.39 is 7.14 Å². The van der Waals surface area contributed by atoms with Gasteiger partial charge in [0.15, 0.2) is 7.14 Å². The minimum Gasteiger partial charge on any atom is -0.338 e. The number of hydrogen-bond donors (Lipinski definition) is 1. The Kier molecular flexibility index (Phi) is 4.84. The molecule has 0 spiro atoms. The van der Waals surface area contributed by atoms with Crippen molar-refractivity contribution < 1.29 is 4.57 Å². The number of rotatable bonds is 4. The highest BCUT2D eigenvalue weighted by Gasteiger charge is 2.32. The molecule has 1 N–H and O–H groups in total. The van der Waals surface area contributed by atoms with Crippen molar-refractivity contribution in [3.05, 3.63) is 108 Å². The maximum absolute atomic E-state index is 14.9. The first-order chi connectivity index (χ1) is 15.1. The molecule has 4 heteroatoms. The molecule has 0 bridgehead atoms. The van der Waals surface area contributed by atoms with Crippen LogP contribution in [0.5, 0.6) is 0 Å². The van der Waals surface area contributed by atoms with E-state index in [2.05, 4.69) is 31.0 Å². The quantitative estimate of drug-likeness (QED) is 0.390. The first kappa shape index (κ1) is 19.5. The number of aromatic amines is 1. The molecule has 0 fully saturated rings. The Bertz CT molecular complexity index is 1340. The second kappa shape index (κ2) is 7.68. The van der Waals surface area contributed by atoms with Gasteiger partial charge in [0.25, 0.3) is 0 Å². The van der Waals surface area contributed by atoms with Gasteiger partial charge in [0.1, 0.15) is 5.82 Å². The predicted molar refractivity (Wildman–Crippen MR) is 130 cm³/mol. The van der Waals surface area contributed by atoms with E-state index in [1.54, 1.807) is 0 Å². The van der Waals surface area contributed by atoms with Gasteiger partial charge in [-0.2, -0.15) is 0 Å². The van der Waals surface area contributed by atoms with Crippen molar-refractivity contribution in [2.24, 2.45) is 0 Å². The molecule has 152 valence electrons. The first-order valence-electron chi connectivity index (χ1n) is 10.4. The van der Waals surface area contributed by atoms with Crippen LogP contribution < -0.4 is 15.9 Å². The number of H-pyrrole nitrogens is 1. The zero-order valence-corrected chi connectivity index (χ0v) is 18.4. The largest absolute Gasteiger partial charge is 0.338 e. The summed E-state index contributed by atoms with van der Waals surface area (Å²) in [6.07, 6.45) is 0. The Morgan fingerprint density at radius 1 is 0.710 bits per heavy atom. The average molecular weight is 422 g/mol. The molecule has 0 amide bonds. The molecule has 0 saturated carbocycles. The third-order valence-corrected chi connectivity index (χ3v) is 8.95. The van der Waals surface area contributed by atoms with Crippen molar-refractivity contribution >= 4 is 34.1 Å². The van der Waals surface area contributed by atoms with Crippen molar-refractivity contribution in [3.8, 4) is 11.4 Å². The van der Waals surface area contributed by atoms with Gasteiger partial charge in [-0.15, -0.1) is 0 Å². The van der Waals surface area contributed by atoms with Crippen LogP contribution in [0.4, 0.5) is 0 Å². The summed E-state index contributed by atoms with van der Waals surface area (Å²) in [5, 5.41) is 2.42. The number of benzene rings is 4. The molecule has 1 aromatic heterocycles. The second-order valence-corrected chi connectivity index (χ2v) is 10.6. The molecule has 5 rings (SSSR count). The second-order valence-electron chi connectivity index (χ2n) is 7.84. The van der Waals surface area contributed by atoms with E-state index in [9.17, 15) is 4.57 Å². The number of fused-ring (bicyclic) bond motifs is 1. The molecule has 4 aromatic carbocycles. The monoisotopic (exact) mass is 422 g/mol. The van der Waals surface area contributed by atoms with Gasteiger partial charge in [0.05, 0.1) is 11.0 Å². The molecule has 0 unspecified atom stereocenters. The fourth-order valence-electron chi connectivity index (χ4n) is 4.05. The summed E-state index contributed by atoms with van der Waals surface area (Å²) in [6.45, 7) is 4.19. The zero-order valence-electron chi connectivity index (χ0n) is 17.5. The summed E-state index contributed by atoms with van der Waals surface area (Å²) < 4.78 is 14.9. The molecular formula is C27H23N2OP. The first-order valence-corrected chi connectivity index (χ1v) is 12.1. The number of nitrogens with zero attached hydrogens (tertiary/aromatic N) is 1. The number of aromatic nitrogens is 2. The number of aryl methyl sites for hydroxylation is 2. The average Bonchev–Trinajstić information content (AvgIpc) is 3.22. The van der Waals surface area contributed by atoms with Gasteiger partial charge >= 0.3 is 0 Å². The Morgan fingerprint density at radius 2 is 1.26 bits per heavy atom. The lowest BCUT2D eigenvalue weighted by atomic mass is 10.1. The third kappa shape index (κ3) is 3.32. The van der Waals surface area contributed by atoms with Crippen molar-refractivity contribution in [1.82, 2.24) is 9.97 Å². The van der Waals surface area contributed by atoms with E-state index in [1.165, 1.54) is 11.1 Å². The number of hydrogen-bond acceptors (Lipinski definition) is 2. The fourth-order valence-corrected chi connectivity index (χ4v) is 6.90. The van der Waals surface area contributed by atoms with Gasteiger partial charge < -0.3 is 9.55 Å². The standard InChI is InChI=1S/C27H23N2OP/c1-19-17-24-25(18-20(19)2)29-27(28-24)23-15-9-10-16-26(23)31(30,21-11-5-3-6-12-21)22-13-7-4-8-14-22/h3-18H,1-2H3,(H,28,29). The van der Waals surface area contributed by atoms with Crippen molar-refractivity contribution in [3.63, 3.8) is 0 Å². The van der Waals surface area contributed by atoms with E-state index in [0.29, 0.717) is 0 Å². The molecule has 0 radical (unpaired) electrons. The highest BCUT2D eigenvalue weighted by atomic mass is 31.2. The van der Waals surface area contributed by atoms with E-state index in [0.717, 1.165) is 38.3 Å². The van der Waals surface area contributed by atoms with Crippen LogP contribution in [-0.2, 0) is 4.57 Å².